The molecular weight excluding hydrogens is 347 g/mol. The average molecular weight is 366 g/mol. The summed E-state index contributed by atoms with van der Waals surface area (Å²) in [4.78, 5) is 29.4. The third-order valence-corrected chi connectivity index (χ3v) is 4.21. The molecule has 1 fully saturated rings. The van der Waals surface area contributed by atoms with Crippen molar-refractivity contribution >= 4 is 22.9 Å². The largest absolute Gasteiger partial charge is 0.465 e. The Labute approximate surface area is 147 Å². The molecule has 3 rings (SSSR count). The van der Waals surface area contributed by atoms with Gasteiger partial charge in [-0.25, -0.2) is 14.0 Å². The summed E-state index contributed by atoms with van der Waals surface area (Å²) < 4.78 is 18.4. The van der Waals surface area contributed by atoms with Crippen molar-refractivity contribution in [3.63, 3.8) is 0 Å². The summed E-state index contributed by atoms with van der Waals surface area (Å²) in [6.45, 7) is 2.28. The highest BCUT2D eigenvalue weighted by molar-refractivity contribution is 5.87. The molecule has 9 nitrogen and oxygen atoms in total. The van der Waals surface area contributed by atoms with E-state index in [0.717, 1.165) is 0 Å². The molecule has 1 aromatic heterocycles. The molecular formula is C16H19FN4O5. The van der Waals surface area contributed by atoms with Gasteiger partial charge in [-0.05, 0) is 18.2 Å². The predicted octanol–water partition coefficient (Wildman–Crippen LogP) is 0.395. The third-order valence-electron chi connectivity index (χ3n) is 4.21. The maximum Gasteiger partial charge on any atom is 0.441 e. The molecule has 1 aliphatic rings. The van der Waals surface area contributed by atoms with Crippen molar-refractivity contribution in [3.05, 3.63) is 34.6 Å². The van der Waals surface area contributed by atoms with E-state index in [1.807, 2.05) is 4.90 Å². The van der Waals surface area contributed by atoms with Crippen molar-refractivity contribution in [1.29, 1.82) is 0 Å². The van der Waals surface area contributed by atoms with Gasteiger partial charge in [0.1, 0.15) is 17.2 Å². The van der Waals surface area contributed by atoms with Gasteiger partial charge in [-0.2, -0.15) is 4.98 Å². The second kappa shape index (κ2) is 7.67. The Balaban J connectivity index is 1.59. The van der Waals surface area contributed by atoms with Gasteiger partial charge in [-0.15, -0.1) is 0 Å². The van der Waals surface area contributed by atoms with Gasteiger partial charge in [-0.1, -0.05) is 0 Å². The smallest absolute Gasteiger partial charge is 0.441 e. The standard InChI is InChI=1S/C16H19FN4O5/c17-10-1-2-13-12(7-10)14(19-15(23)26-13)18-8-11(22)9-20-3-5-21(6-4-20)16(24)25/h1-2,7,11,22H,3-6,8-9H2,(H,24,25)(H,18,19,23). The van der Waals surface area contributed by atoms with Crippen LogP contribution in [0, 0.1) is 5.82 Å². The van der Waals surface area contributed by atoms with Gasteiger partial charge in [0.05, 0.1) is 11.5 Å². The number of hydrogen-bond acceptors (Lipinski definition) is 7. The fourth-order valence-corrected chi connectivity index (χ4v) is 2.88. The maximum absolute atomic E-state index is 13.4. The van der Waals surface area contributed by atoms with Crippen LogP contribution < -0.4 is 11.1 Å². The van der Waals surface area contributed by atoms with E-state index >= 15 is 0 Å². The number of β-amino-alcohol motifs (C(OH)–C–C–N with tert-alkyl or cyclic N) is 1. The molecule has 10 heteroatoms. The van der Waals surface area contributed by atoms with E-state index in [1.54, 1.807) is 0 Å². The summed E-state index contributed by atoms with van der Waals surface area (Å²) >= 11 is 0. The quantitative estimate of drug-likeness (QED) is 0.696. The molecule has 2 aromatic rings. The van der Waals surface area contributed by atoms with Crippen molar-refractivity contribution in [2.75, 3.05) is 44.6 Å². The predicted molar refractivity (Wildman–Crippen MR) is 90.8 cm³/mol. The number of fused-ring (bicyclic) bond motifs is 1. The van der Waals surface area contributed by atoms with E-state index in [-0.39, 0.29) is 17.9 Å². The van der Waals surface area contributed by atoms with Gasteiger partial charge in [0.2, 0.25) is 0 Å². The minimum Gasteiger partial charge on any atom is -0.465 e. The Morgan fingerprint density at radius 2 is 2.08 bits per heavy atom. The number of anilines is 1. The minimum atomic E-state index is -0.944. The zero-order chi connectivity index (χ0) is 18.7. The second-order valence-electron chi connectivity index (χ2n) is 6.07. The zero-order valence-electron chi connectivity index (χ0n) is 13.9. The summed E-state index contributed by atoms with van der Waals surface area (Å²) in [6.07, 6.45) is -1.72. The Morgan fingerprint density at radius 1 is 1.35 bits per heavy atom. The molecule has 140 valence electrons. The molecule has 1 saturated heterocycles. The number of halogens is 1. The van der Waals surface area contributed by atoms with Gasteiger partial charge >= 0.3 is 11.8 Å². The van der Waals surface area contributed by atoms with Crippen LogP contribution in [0.25, 0.3) is 11.0 Å². The number of carboxylic acid groups (broad SMARTS) is 1. The van der Waals surface area contributed by atoms with Crippen LogP contribution in [0.5, 0.6) is 0 Å². The number of benzene rings is 1. The fourth-order valence-electron chi connectivity index (χ4n) is 2.88. The molecule has 26 heavy (non-hydrogen) atoms. The molecule has 1 aliphatic heterocycles. The number of nitrogens with one attached hydrogen (secondary N) is 1. The molecule has 0 aliphatic carbocycles. The van der Waals surface area contributed by atoms with Crippen molar-refractivity contribution in [1.82, 2.24) is 14.8 Å². The Morgan fingerprint density at radius 3 is 2.77 bits per heavy atom. The monoisotopic (exact) mass is 366 g/mol. The van der Waals surface area contributed by atoms with Gasteiger partial charge in [0, 0.05) is 39.3 Å². The lowest BCUT2D eigenvalue weighted by molar-refractivity contribution is 0.0742. The Kier molecular flexibility index (Phi) is 5.33. The number of nitrogens with zero attached hydrogens (tertiary/aromatic N) is 3. The van der Waals surface area contributed by atoms with Crippen LogP contribution in [0.1, 0.15) is 0 Å². The van der Waals surface area contributed by atoms with Gasteiger partial charge < -0.3 is 24.8 Å². The zero-order valence-corrected chi connectivity index (χ0v) is 13.9. The van der Waals surface area contributed by atoms with Crippen LogP contribution in [-0.2, 0) is 0 Å². The molecule has 0 spiro atoms. The number of aromatic nitrogens is 1. The van der Waals surface area contributed by atoms with Crippen LogP contribution in [0.3, 0.4) is 0 Å². The number of piperazine rings is 1. The number of aliphatic hydroxyl groups excluding tert-OH is 1. The van der Waals surface area contributed by atoms with Gasteiger partial charge in [-0.3, -0.25) is 4.90 Å². The number of amides is 1. The third kappa shape index (κ3) is 4.27. The Bertz CT molecular complexity index is 850. The molecule has 1 unspecified atom stereocenters. The van der Waals surface area contributed by atoms with Crippen LogP contribution >= 0.6 is 0 Å². The average Bonchev–Trinajstić information content (AvgIpc) is 2.60. The minimum absolute atomic E-state index is 0.0984. The first kappa shape index (κ1) is 18.1. The highest BCUT2D eigenvalue weighted by Crippen LogP contribution is 2.20. The van der Waals surface area contributed by atoms with Crippen LogP contribution in [0.2, 0.25) is 0 Å². The number of hydrogen-bond donors (Lipinski definition) is 3. The van der Waals surface area contributed by atoms with E-state index in [4.69, 9.17) is 9.52 Å². The van der Waals surface area contributed by atoms with Gasteiger partial charge in [0.15, 0.2) is 0 Å². The first-order chi connectivity index (χ1) is 12.4. The lowest BCUT2D eigenvalue weighted by Gasteiger charge is -2.34. The van der Waals surface area contributed by atoms with Crippen molar-refractivity contribution in [2.24, 2.45) is 0 Å². The van der Waals surface area contributed by atoms with Crippen LogP contribution in [0.15, 0.2) is 27.4 Å². The van der Waals surface area contributed by atoms with E-state index in [0.29, 0.717) is 38.1 Å². The second-order valence-corrected chi connectivity index (χ2v) is 6.07. The Hall–Kier alpha value is -2.72. The first-order valence-corrected chi connectivity index (χ1v) is 8.15. The van der Waals surface area contributed by atoms with Crippen molar-refractivity contribution in [2.45, 2.75) is 6.10 Å². The van der Waals surface area contributed by atoms with E-state index < -0.39 is 23.8 Å². The van der Waals surface area contributed by atoms with E-state index in [2.05, 4.69) is 10.3 Å². The summed E-state index contributed by atoms with van der Waals surface area (Å²) in [5.41, 5.74) is 0.202. The maximum atomic E-state index is 13.4. The molecule has 2 heterocycles. The molecule has 1 aromatic carbocycles. The van der Waals surface area contributed by atoms with Crippen molar-refractivity contribution < 1.29 is 23.8 Å². The highest BCUT2D eigenvalue weighted by Gasteiger charge is 2.22. The van der Waals surface area contributed by atoms with Gasteiger partial charge in [0.25, 0.3) is 0 Å². The number of carbonyl (C=O) groups is 1. The topological polar surface area (TPSA) is 119 Å². The lowest BCUT2D eigenvalue weighted by Crippen LogP contribution is -2.50. The molecule has 1 atom stereocenters. The molecule has 0 radical (unpaired) electrons. The number of rotatable bonds is 5. The van der Waals surface area contributed by atoms with E-state index in [1.165, 1.54) is 23.1 Å². The fraction of sp³-hybridized carbons (Fsp3) is 0.438. The normalized spacial score (nSPS) is 16.6. The summed E-state index contributed by atoms with van der Waals surface area (Å²) in [7, 11) is 0. The van der Waals surface area contributed by atoms with E-state index in [9.17, 15) is 19.1 Å². The number of aliphatic hydroxyl groups is 1. The molecule has 0 saturated carbocycles. The van der Waals surface area contributed by atoms with Crippen molar-refractivity contribution in [3.8, 4) is 0 Å². The summed E-state index contributed by atoms with van der Waals surface area (Å²) in [5, 5.41) is 22.3. The first-order valence-electron chi connectivity index (χ1n) is 8.15. The molecule has 0 bridgehead atoms. The SMILES string of the molecule is O=C(O)N1CCN(CC(O)CNc2nc(=O)oc3ccc(F)cc23)CC1. The highest BCUT2D eigenvalue weighted by atomic mass is 19.1. The molecule has 1 amide bonds. The summed E-state index contributed by atoms with van der Waals surface area (Å²) in [5.74, 6) is -1.16. The van der Waals surface area contributed by atoms with Crippen LogP contribution in [-0.4, -0.2) is 76.5 Å². The summed E-state index contributed by atoms with van der Waals surface area (Å²) in [6, 6.07) is 3.73. The van der Waals surface area contributed by atoms with Crippen LogP contribution in [0.4, 0.5) is 15.0 Å². The lowest BCUT2D eigenvalue weighted by atomic mass is 10.2. The molecule has 3 N–H and O–H groups in total.